The summed E-state index contributed by atoms with van der Waals surface area (Å²) in [6, 6.07) is 14.2. The lowest BCUT2D eigenvalue weighted by molar-refractivity contribution is -0.120. The van der Waals surface area contributed by atoms with Crippen LogP contribution in [0.5, 0.6) is 11.5 Å². The van der Waals surface area contributed by atoms with Gasteiger partial charge in [-0.25, -0.2) is 0 Å². The molecule has 154 valence electrons. The lowest BCUT2D eigenvalue weighted by Crippen LogP contribution is -2.34. The van der Waals surface area contributed by atoms with Gasteiger partial charge in [-0.2, -0.15) is 11.8 Å². The van der Waals surface area contributed by atoms with Gasteiger partial charge in [-0.1, -0.05) is 24.3 Å². The molecule has 2 N–H and O–H groups in total. The van der Waals surface area contributed by atoms with E-state index < -0.39 is 0 Å². The number of aromatic nitrogens is 1. The number of hydrogen-bond donors (Lipinski definition) is 2. The second-order valence-electron chi connectivity index (χ2n) is 6.81. The Kier molecular flexibility index (Phi) is 7.09. The molecule has 0 aliphatic heterocycles. The number of carbonyl (C=O) groups is 1. The van der Waals surface area contributed by atoms with E-state index >= 15 is 0 Å². The van der Waals surface area contributed by atoms with E-state index in [0.717, 1.165) is 27.8 Å². The number of H-pyrrole nitrogens is 1. The van der Waals surface area contributed by atoms with Gasteiger partial charge in [-0.05, 0) is 49.4 Å². The number of ether oxygens (including phenoxy) is 2. The minimum absolute atomic E-state index is 0.0197. The maximum atomic E-state index is 12.4. The van der Waals surface area contributed by atoms with Crippen LogP contribution in [0.4, 0.5) is 0 Å². The Balaban J connectivity index is 2.00. The minimum atomic E-state index is -0.0894. The molecule has 1 amide bonds. The highest BCUT2D eigenvalue weighted by Crippen LogP contribution is 2.35. The molecule has 2 aromatic carbocycles. The van der Waals surface area contributed by atoms with Gasteiger partial charge in [0.05, 0.1) is 19.0 Å². The van der Waals surface area contributed by atoms with Gasteiger partial charge in [0.2, 0.25) is 5.91 Å². The summed E-state index contributed by atoms with van der Waals surface area (Å²) >= 11 is 1.54. The first kappa shape index (κ1) is 21.1. The number of aromatic amines is 1. The molecule has 1 heterocycles. The summed E-state index contributed by atoms with van der Waals surface area (Å²) in [7, 11) is 1.64. The van der Waals surface area contributed by atoms with Crippen molar-refractivity contribution in [1.82, 2.24) is 10.3 Å². The predicted octanol–water partition coefficient (Wildman–Crippen LogP) is 4.57. The largest absolute Gasteiger partial charge is 0.493 e. The summed E-state index contributed by atoms with van der Waals surface area (Å²) in [5.41, 5.74) is 3.28. The van der Waals surface area contributed by atoms with Gasteiger partial charge in [0.1, 0.15) is 0 Å². The Morgan fingerprint density at radius 1 is 1.21 bits per heavy atom. The van der Waals surface area contributed by atoms with Crippen molar-refractivity contribution < 1.29 is 14.3 Å². The van der Waals surface area contributed by atoms with E-state index in [4.69, 9.17) is 9.47 Å². The molecule has 0 saturated heterocycles. The third-order valence-corrected chi connectivity index (χ3v) is 6.01. The first-order chi connectivity index (χ1) is 14.1. The summed E-state index contributed by atoms with van der Waals surface area (Å²) in [6.45, 7) is 4.94. The molecule has 29 heavy (non-hydrogen) atoms. The van der Waals surface area contributed by atoms with Crippen molar-refractivity contribution in [2.45, 2.75) is 25.0 Å². The fraction of sp³-hybridized carbons (Fsp3) is 0.348. The van der Waals surface area contributed by atoms with Gasteiger partial charge in [0.25, 0.3) is 0 Å². The predicted molar refractivity (Wildman–Crippen MR) is 120 cm³/mol. The van der Waals surface area contributed by atoms with Crippen molar-refractivity contribution >= 4 is 28.6 Å². The Labute approximate surface area is 176 Å². The number of benzene rings is 2. The van der Waals surface area contributed by atoms with Crippen molar-refractivity contribution in [1.29, 1.82) is 0 Å². The Morgan fingerprint density at radius 2 is 2.00 bits per heavy atom. The first-order valence-electron chi connectivity index (χ1n) is 9.76. The van der Waals surface area contributed by atoms with Crippen molar-refractivity contribution in [2.24, 2.45) is 0 Å². The summed E-state index contributed by atoms with van der Waals surface area (Å²) in [6.07, 6.45) is 3.97. The normalized spacial score (nSPS) is 13.1. The molecule has 2 unspecified atom stereocenters. The van der Waals surface area contributed by atoms with Crippen LogP contribution < -0.4 is 14.8 Å². The van der Waals surface area contributed by atoms with Crippen LogP contribution in [0.15, 0.2) is 48.7 Å². The van der Waals surface area contributed by atoms with E-state index in [1.54, 1.807) is 7.11 Å². The number of fused-ring (bicyclic) bond motifs is 1. The molecule has 0 fully saturated rings. The molecule has 6 heteroatoms. The quantitative estimate of drug-likeness (QED) is 0.540. The molecule has 3 rings (SSSR count). The lowest BCUT2D eigenvalue weighted by atomic mass is 9.90. The standard InChI is InChI=1S/C23H28N2O3S/c1-5-28-21-11-10-16(12-22(21)27-3)18(13-25-23(26)15(2)29-4)19-14-24-20-9-7-6-8-17(19)20/h6-12,14-15,18,24H,5,13H2,1-4H3,(H,25,26). The average molecular weight is 413 g/mol. The Bertz CT molecular complexity index is 970. The van der Waals surface area contributed by atoms with Crippen LogP contribution >= 0.6 is 11.8 Å². The van der Waals surface area contributed by atoms with Crippen molar-refractivity contribution in [3.05, 3.63) is 59.8 Å². The first-order valence-corrected chi connectivity index (χ1v) is 11.0. The number of thioether (sulfide) groups is 1. The zero-order valence-corrected chi connectivity index (χ0v) is 18.1. The molecular formula is C23H28N2O3S. The zero-order chi connectivity index (χ0) is 20.8. The summed E-state index contributed by atoms with van der Waals surface area (Å²) in [4.78, 5) is 15.8. The molecule has 0 aliphatic carbocycles. The van der Waals surface area contributed by atoms with E-state index in [1.807, 2.05) is 56.6 Å². The summed E-state index contributed by atoms with van der Waals surface area (Å²) < 4.78 is 11.2. The fourth-order valence-electron chi connectivity index (χ4n) is 3.42. The second kappa shape index (κ2) is 9.74. The smallest absolute Gasteiger partial charge is 0.232 e. The molecule has 1 aromatic heterocycles. The van der Waals surface area contributed by atoms with Gasteiger partial charge < -0.3 is 19.8 Å². The molecule has 3 aromatic rings. The lowest BCUT2D eigenvalue weighted by Gasteiger charge is -2.21. The van der Waals surface area contributed by atoms with Crippen molar-refractivity contribution in [3.8, 4) is 11.5 Å². The van der Waals surface area contributed by atoms with Crippen LogP contribution in [-0.4, -0.2) is 42.7 Å². The Morgan fingerprint density at radius 3 is 2.72 bits per heavy atom. The second-order valence-corrected chi connectivity index (χ2v) is 7.99. The van der Waals surface area contributed by atoms with Crippen LogP contribution in [0.2, 0.25) is 0 Å². The van der Waals surface area contributed by atoms with Crippen molar-refractivity contribution in [2.75, 3.05) is 26.5 Å². The SMILES string of the molecule is CCOc1ccc(C(CNC(=O)C(C)SC)c2c[nH]c3ccccc23)cc1OC. The summed E-state index contributed by atoms with van der Waals surface area (Å²) in [5, 5.41) is 4.18. The van der Waals surface area contributed by atoms with Crippen molar-refractivity contribution in [3.63, 3.8) is 0 Å². The molecule has 0 aliphatic rings. The Hall–Kier alpha value is -2.60. The topological polar surface area (TPSA) is 63.3 Å². The number of carbonyl (C=O) groups excluding carboxylic acids is 1. The van der Waals surface area contributed by atoms with Gasteiger partial charge in [0.15, 0.2) is 11.5 Å². The van der Waals surface area contributed by atoms with E-state index in [-0.39, 0.29) is 17.1 Å². The molecular weight excluding hydrogens is 384 g/mol. The number of para-hydroxylation sites is 1. The van der Waals surface area contributed by atoms with E-state index in [9.17, 15) is 4.79 Å². The van der Waals surface area contributed by atoms with Crippen LogP contribution in [-0.2, 0) is 4.79 Å². The number of methoxy groups -OCH3 is 1. The fourth-order valence-corrected chi connectivity index (χ4v) is 3.72. The highest BCUT2D eigenvalue weighted by atomic mass is 32.2. The number of hydrogen-bond acceptors (Lipinski definition) is 4. The third-order valence-electron chi connectivity index (χ3n) is 5.09. The molecule has 2 atom stereocenters. The molecule has 0 radical (unpaired) electrons. The maximum Gasteiger partial charge on any atom is 0.232 e. The molecule has 5 nitrogen and oxygen atoms in total. The van der Waals surface area contributed by atoms with Crippen LogP contribution in [0.25, 0.3) is 10.9 Å². The highest BCUT2D eigenvalue weighted by Gasteiger charge is 2.22. The maximum absolute atomic E-state index is 12.4. The number of amides is 1. The van der Waals surface area contributed by atoms with Gasteiger partial charge >= 0.3 is 0 Å². The highest BCUT2D eigenvalue weighted by molar-refractivity contribution is 7.99. The zero-order valence-electron chi connectivity index (χ0n) is 17.3. The van der Waals surface area contributed by atoms with Gasteiger partial charge in [-0.15, -0.1) is 0 Å². The molecule has 0 spiro atoms. The van der Waals surface area contributed by atoms with Gasteiger partial charge in [-0.3, -0.25) is 4.79 Å². The van der Waals surface area contributed by atoms with Crippen LogP contribution in [0, 0.1) is 0 Å². The van der Waals surface area contributed by atoms with Gasteiger partial charge in [0, 0.05) is 29.6 Å². The summed E-state index contributed by atoms with van der Waals surface area (Å²) in [5.74, 6) is 1.43. The third kappa shape index (κ3) is 4.70. The van der Waals surface area contributed by atoms with E-state index in [1.165, 1.54) is 11.8 Å². The van der Waals surface area contributed by atoms with E-state index in [2.05, 4.69) is 22.4 Å². The minimum Gasteiger partial charge on any atom is -0.493 e. The van der Waals surface area contributed by atoms with E-state index in [0.29, 0.717) is 18.9 Å². The molecule has 0 bridgehead atoms. The number of rotatable bonds is 9. The molecule has 0 saturated carbocycles. The van der Waals surface area contributed by atoms with Crippen LogP contribution in [0.1, 0.15) is 30.9 Å². The number of nitrogens with one attached hydrogen (secondary N) is 2. The monoisotopic (exact) mass is 412 g/mol. The average Bonchev–Trinajstić information content (AvgIpc) is 3.18. The van der Waals surface area contributed by atoms with Crippen LogP contribution in [0.3, 0.4) is 0 Å².